The number of hydrogen-bond acceptors (Lipinski definition) is 7. The van der Waals surface area contributed by atoms with Crippen LogP contribution >= 0.6 is 0 Å². The zero-order valence-electron chi connectivity index (χ0n) is 15.0. The first-order chi connectivity index (χ1) is 13.6. The van der Waals surface area contributed by atoms with Crippen LogP contribution in [0.2, 0.25) is 0 Å². The van der Waals surface area contributed by atoms with Gasteiger partial charge in [0.25, 0.3) is 0 Å². The van der Waals surface area contributed by atoms with E-state index in [1.54, 1.807) is 24.3 Å². The minimum absolute atomic E-state index is 0.0396. The molecule has 0 aliphatic carbocycles. The summed E-state index contributed by atoms with van der Waals surface area (Å²) in [5.74, 6) is -1.01. The Morgan fingerprint density at radius 1 is 1.11 bits per heavy atom. The molecule has 1 heterocycles. The van der Waals surface area contributed by atoms with Gasteiger partial charge in [-0.3, -0.25) is 4.79 Å². The molecule has 0 fully saturated rings. The Bertz CT molecular complexity index is 1020. The molecule has 0 amide bonds. The predicted molar refractivity (Wildman–Crippen MR) is 97.9 cm³/mol. The summed E-state index contributed by atoms with van der Waals surface area (Å²) in [6.45, 7) is 0.132. The first-order valence-electron chi connectivity index (χ1n) is 8.39. The standard InChI is InChI=1S/C21H16N2O5/c1-26-21(25)19-20(16-9-7-14(12-22)8-10-16)28-17(23-19)11-18(24)27-13-15-5-3-2-4-6-15/h2-10H,11,13H2,1H3. The van der Waals surface area contributed by atoms with E-state index in [-0.39, 0.29) is 30.4 Å². The molecular weight excluding hydrogens is 360 g/mol. The number of oxazole rings is 1. The second-order valence-corrected chi connectivity index (χ2v) is 5.79. The number of methoxy groups -OCH3 is 1. The van der Waals surface area contributed by atoms with Gasteiger partial charge in [0, 0.05) is 5.56 Å². The lowest BCUT2D eigenvalue weighted by molar-refractivity contribution is -0.144. The van der Waals surface area contributed by atoms with Gasteiger partial charge < -0.3 is 13.9 Å². The quantitative estimate of drug-likeness (QED) is 0.608. The topological polar surface area (TPSA) is 102 Å². The van der Waals surface area contributed by atoms with E-state index < -0.39 is 11.9 Å². The molecule has 1 aromatic heterocycles. The molecule has 140 valence electrons. The van der Waals surface area contributed by atoms with E-state index in [1.165, 1.54) is 7.11 Å². The normalized spacial score (nSPS) is 10.1. The van der Waals surface area contributed by atoms with E-state index in [0.29, 0.717) is 11.1 Å². The second kappa shape index (κ2) is 8.64. The minimum Gasteiger partial charge on any atom is -0.464 e. The summed E-state index contributed by atoms with van der Waals surface area (Å²) in [7, 11) is 1.23. The van der Waals surface area contributed by atoms with Gasteiger partial charge in [0.05, 0.1) is 18.7 Å². The van der Waals surface area contributed by atoms with Gasteiger partial charge in [-0.2, -0.15) is 5.26 Å². The van der Waals surface area contributed by atoms with E-state index in [0.717, 1.165) is 5.56 Å². The van der Waals surface area contributed by atoms with Crippen LogP contribution in [0.4, 0.5) is 0 Å². The summed E-state index contributed by atoms with van der Waals surface area (Å²) in [5.41, 5.74) is 1.82. The summed E-state index contributed by atoms with van der Waals surface area (Å²) < 4.78 is 15.6. The fraction of sp³-hybridized carbons (Fsp3) is 0.143. The fourth-order valence-electron chi connectivity index (χ4n) is 2.48. The number of carbonyl (C=O) groups is 2. The summed E-state index contributed by atoms with van der Waals surface area (Å²) >= 11 is 0. The number of nitriles is 1. The molecule has 7 heteroatoms. The highest BCUT2D eigenvalue weighted by Gasteiger charge is 2.23. The van der Waals surface area contributed by atoms with E-state index in [9.17, 15) is 9.59 Å². The number of rotatable bonds is 6. The Hall–Kier alpha value is -3.92. The molecule has 0 spiro atoms. The van der Waals surface area contributed by atoms with Crippen LogP contribution in [0.1, 0.15) is 27.5 Å². The first kappa shape index (κ1) is 18.9. The highest BCUT2D eigenvalue weighted by Crippen LogP contribution is 2.26. The van der Waals surface area contributed by atoms with Crippen LogP contribution in [0, 0.1) is 11.3 Å². The number of hydrogen-bond donors (Lipinski definition) is 0. The molecule has 0 unspecified atom stereocenters. The molecule has 0 bridgehead atoms. The highest BCUT2D eigenvalue weighted by atomic mass is 16.5. The van der Waals surface area contributed by atoms with Crippen LogP contribution in [0.15, 0.2) is 59.0 Å². The Kier molecular flexibility index (Phi) is 5.82. The lowest BCUT2D eigenvalue weighted by atomic mass is 10.1. The predicted octanol–water partition coefficient (Wildman–Crippen LogP) is 3.29. The summed E-state index contributed by atoms with van der Waals surface area (Å²) in [6.07, 6.45) is -0.229. The van der Waals surface area contributed by atoms with Crippen LogP contribution < -0.4 is 0 Å². The van der Waals surface area contributed by atoms with Crippen molar-refractivity contribution in [3.05, 3.63) is 77.3 Å². The number of carbonyl (C=O) groups excluding carboxylic acids is 2. The Labute approximate surface area is 161 Å². The van der Waals surface area contributed by atoms with Crippen molar-refractivity contribution in [1.82, 2.24) is 4.98 Å². The maximum Gasteiger partial charge on any atom is 0.360 e. The molecule has 0 radical (unpaired) electrons. The third-order valence-electron chi connectivity index (χ3n) is 3.86. The van der Waals surface area contributed by atoms with Gasteiger partial charge in [-0.05, 0) is 29.8 Å². The number of aromatic nitrogens is 1. The minimum atomic E-state index is -0.688. The Balaban J connectivity index is 1.78. The number of benzene rings is 2. The van der Waals surface area contributed by atoms with E-state index in [2.05, 4.69) is 4.98 Å². The average molecular weight is 376 g/mol. The molecule has 0 aliphatic heterocycles. The van der Waals surface area contributed by atoms with Crippen LogP contribution in [0.3, 0.4) is 0 Å². The van der Waals surface area contributed by atoms with Crippen LogP contribution in [0.5, 0.6) is 0 Å². The molecule has 0 saturated carbocycles. The van der Waals surface area contributed by atoms with Crippen molar-refractivity contribution in [2.24, 2.45) is 0 Å². The zero-order valence-corrected chi connectivity index (χ0v) is 15.0. The molecule has 28 heavy (non-hydrogen) atoms. The third kappa shape index (κ3) is 4.43. The van der Waals surface area contributed by atoms with Crippen molar-refractivity contribution in [2.45, 2.75) is 13.0 Å². The maximum absolute atomic E-state index is 12.1. The monoisotopic (exact) mass is 376 g/mol. The summed E-state index contributed by atoms with van der Waals surface area (Å²) in [5, 5.41) is 8.90. The lowest BCUT2D eigenvalue weighted by Crippen LogP contribution is -2.09. The molecule has 0 saturated heterocycles. The second-order valence-electron chi connectivity index (χ2n) is 5.79. The zero-order chi connectivity index (χ0) is 19.9. The Morgan fingerprint density at radius 2 is 1.82 bits per heavy atom. The van der Waals surface area contributed by atoms with Crippen molar-refractivity contribution in [3.63, 3.8) is 0 Å². The largest absolute Gasteiger partial charge is 0.464 e. The molecule has 0 N–H and O–H groups in total. The molecule has 0 atom stereocenters. The number of ether oxygens (including phenoxy) is 2. The maximum atomic E-state index is 12.1. The van der Waals surface area contributed by atoms with Gasteiger partial charge >= 0.3 is 11.9 Å². The van der Waals surface area contributed by atoms with Crippen molar-refractivity contribution in [1.29, 1.82) is 5.26 Å². The molecular formula is C21H16N2O5. The van der Waals surface area contributed by atoms with Crippen molar-refractivity contribution < 1.29 is 23.5 Å². The SMILES string of the molecule is COC(=O)c1nc(CC(=O)OCc2ccccc2)oc1-c1ccc(C#N)cc1. The summed E-state index contributed by atoms with van der Waals surface area (Å²) in [4.78, 5) is 28.2. The highest BCUT2D eigenvalue weighted by molar-refractivity contribution is 5.93. The van der Waals surface area contributed by atoms with Crippen LogP contribution in [-0.4, -0.2) is 24.0 Å². The van der Waals surface area contributed by atoms with Gasteiger partial charge in [-0.1, -0.05) is 30.3 Å². The Morgan fingerprint density at radius 3 is 2.46 bits per heavy atom. The lowest BCUT2D eigenvalue weighted by Gasteiger charge is -2.03. The van der Waals surface area contributed by atoms with Gasteiger partial charge in [0.15, 0.2) is 11.5 Å². The van der Waals surface area contributed by atoms with Crippen molar-refractivity contribution >= 4 is 11.9 Å². The molecule has 3 rings (SSSR count). The molecule has 3 aromatic rings. The smallest absolute Gasteiger partial charge is 0.360 e. The molecule has 0 aliphatic rings. The number of esters is 2. The number of nitrogens with zero attached hydrogens (tertiary/aromatic N) is 2. The van der Waals surface area contributed by atoms with Gasteiger partial charge in [0.1, 0.15) is 13.0 Å². The average Bonchev–Trinajstić information content (AvgIpc) is 3.16. The summed E-state index contributed by atoms with van der Waals surface area (Å²) in [6, 6.07) is 17.7. The first-order valence-corrected chi connectivity index (χ1v) is 8.39. The van der Waals surface area contributed by atoms with Crippen molar-refractivity contribution in [2.75, 3.05) is 7.11 Å². The van der Waals surface area contributed by atoms with Gasteiger partial charge in [0.2, 0.25) is 5.89 Å². The van der Waals surface area contributed by atoms with E-state index >= 15 is 0 Å². The van der Waals surface area contributed by atoms with Crippen LogP contribution in [-0.2, 0) is 27.3 Å². The van der Waals surface area contributed by atoms with E-state index in [1.807, 2.05) is 36.4 Å². The molecule has 7 nitrogen and oxygen atoms in total. The van der Waals surface area contributed by atoms with Crippen LogP contribution in [0.25, 0.3) is 11.3 Å². The van der Waals surface area contributed by atoms with Gasteiger partial charge in [-0.25, -0.2) is 9.78 Å². The fourth-order valence-corrected chi connectivity index (χ4v) is 2.48. The third-order valence-corrected chi connectivity index (χ3v) is 3.86. The van der Waals surface area contributed by atoms with E-state index in [4.69, 9.17) is 19.2 Å². The molecule has 2 aromatic carbocycles. The van der Waals surface area contributed by atoms with Crippen molar-refractivity contribution in [3.8, 4) is 17.4 Å². The van der Waals surface area contributed by atoms with Gasteiger partial charge in [-0.15, -0.1) is 0 Å².